The van der Waals surface area contributed by atoms with Gasteiger partial charge >= 0.3 is 0 Å². The molecule has 4 heteroatoms. The van der Waals surface area contributed by atoms with Crippen LogP contribution < -0.4 is 10.1 Å². The first-order valence-corrected chi connectivity index (χ1v) is 6.03. The summed E-state index contributed by atoms with van der Waals surface area (Å²) < 4.78 is 18.6. The lowest BCUT2D eigenvalue weighted by atomic mass is 10.1. The number of hydrogen-bond acceptors (Lipinski definition) is 2. The Morgan fingerprint density at radius 1 is 1.21 bits per heavy atom. The molecule has 3 rings (SSSR count). The van der Waals surface area contributed by atoms with Crippen molar-refractivity contribution in [1.29, 1.82) is 0 Å². The van der Waals surface area contributed by atoms with Gasteiger partial charge in [0.15, 0.2) is 6.10 Å². The summed E-state index contributed by atoms with van der Waals surface area (Å²) in [6.45, 7) is 0. The third-order valence-electron chi connectivity index (χ3n) is 3.03. The summed E-state index contributed by atoms with van der Waals surface area (Å²) in [6, 6.07) is 13.4. The molecule has 96 valence electrons. The van der Waals surface area contributed by atoms with Crippen LogP contribution in [0.15, 0.2) is 48.5 Å². The number of carbonyl (C=O) groups is 1. The monoisotopic (exact) mass is 257 g/mol. The topological polar surface area (TPSA) is 38.3 Å². The van der Waals surface area contributed by atoms with Crippen LogP contribution in [0.1, 0.15) is 5.56 Å². The molecule has 19 heavy (non-hydrogen) atoms. The fourth-order valence-electron chi connectivity index (χ4n) is 2.12. The fourth-order valence-corrected chi connectivity index (χ4v) is 2.12. The number of fused-ring (bicyclic) bond motifs is 1. The minimum Gasteiger partial charge on any atom is -0.480 e. The summed E-state index contributed by atoms with van der Waals surface area (Å²) in [7, 11) is 0. The van der Waals surface area contributed by atoms with Crippen molar-refractivity contribution < 1.29 is 13.9 Å². The van der Waals surface area contributed by atoms with E-state index in [1.54, 1.807) is 12.1 Å². The molecule has 0 spiro atoms. The third-order valence-corrected chi connectivity index (χ3v) is 3.03. The average molecular weight is 257 g/mol. The number of halogens is 1. The van der Waals surface area contributed by atoms with E-state index in [2.05, 4.69) is 5.32 Å². The van der Waals surface area contributed by atoms with Crippen LogP contribution in [0.25, 0.3) is 0 Å². The van der Waals surface area contributed by atoms with Crippen molar-refractivity contribution in [3.63, 3.8) is 0 Å². The smallest absolute Gasteiger partial charge is 0.265 e. The Balaban J connectivity index is 1.70. The predicted octanol–water partition coefficient (Wildman–Crippen LogP) is 2.77. The third kappa shape index (κ3) is 2.42. The second-order valence-corrected chi connectivity index (χ2v) is 4.42. The van der Waals surface area contributed by atoms with Crippen molar-refractivity contribution in [2.45, 2.75) is 12.5 Å². The Morgan fingerprint density at radius 3 is 2.84 bits per heavy atom. The highest BCUT2D eigenvalue weighted by Gasteiger charge is 2.28. The highest BCUT2D eigenvalue weighted by molar-refractivity contribution is 5.95. The van der Waals surface area contributed by atoms with E-state index in [-0.39, 0.29) is 11.7 Å². The van der Waals surface area contributed by atoms with Crippen LogP contribution in [0, 0.1) is 5.82 Å². The average Bonchev–Trinajstić information content (AvgIpc) is 2.82. The number of rotatable bonds is 2. The maximum Gasteiger partial charge on any atom is 0.265 e. The van der Waals surface area contributed by atoms with Crippen LogP contribution in [-0.4, -0.2) is 12.0 Å². The minimum atomic E-state index is -0.555. The second-order valence-electron chi connectivity index (χ2n) is 4.42. The summed E-state index contributed by atoms with van der Waals surface area (Å²) in [5.41, 5.74) is 1.45. The largest absolute Gasteiger partial charge is 0.480 e. The molecular formula is C15H12FNO2. The first-order chi connectivity index (χ1) is 9.22. The number of carbonyl (C=O) groups excluding carboxylic acids is 1. The van der Waals surface area contributed by atoms with Crippen LogP contribution >= 0.6 is 0 Å². The maximum absolute atomic E-state index is 13.0. The molecule has 1 amide bonds. The Kier molecular flexibility index (Phi) is 2.91. The highest BCUT2D eigenvalue weighted by Crippen LogP contribution is 2.28. The number of nitrogens with one attached hydrogen (secondary N) is 1. The van der Waals surface area contributed by atoms with E-state index in [9.17, 15) is 9.18 Å². The molecule has 0 aromatic heterocycles. The van der Waals surface area contributed by atoms with Gasteiger partial charge in [-0.15, -0.1) is 0 Å². The summed E-state index contributed by atoms with van der Waals surface area (Å²) in [6.07, 6.45) is -0.0159. The zero-order chi connectivity index (χ0) is 13.2. The standard InChI is InChI=1S/C15H12FNO2/c16-11-5-3-6-12(9-11)17-15(18)14-8-10-4-1-2-7-13(10)19-14/h1-7,9,14H,8H2,(H,17,18)/t14-/m1/s1. The number of ether oxygens (including phenoxy) is 1. The quantitative estimate of drug-likeness (QED) is 0.898. The molecule has 0 radical (unpaired) electrons. The summed E-state index contributed by atoms with van der Waals surface area (Å²) in [4.78, 5) is 12.0. The van der Waals surface area contributed by atoms with Crippen LogP contribution in [0.2, 0.25) is 0 Å². The van der Waals surface area contributed by atoms with Gasteiger partial charge in [-0.05, 0) is 29.8 Å². The van der Waals surface area contributed by atoms with E-state index in [1.165, 1.54) is 12.1 Å². The molecule has 0 saturated heterocycles. The molecule has 1 aliphatic heterocycles. The maximum atomic E-state index is 13.0. The van der Waals surface area contributed by atoms with E-state index in [1.807, 2.05) is 24.3 Å². The van der Waals surface area contributed by atoms with E-state index >= 15 is 0 Å². The SMILES string of the molecule is O=C(Nc1cccc(F)c1)[C@H]1Cc2ccccc2O1. The van der Waals surface area contributed by atoms with Crippen LogP contribution in [0.4, 0.5) is 10.1 Å². The van der Waals surface area contributed by atoms with Crippen LogP contribution in [0.5, 0.6) is 5.75 Å². The van der Waals surface area contributed by atoms with Gasteiger partial charge in [0.2, 0.25) is 0 Å². The molecule has 0 saturated carbocycles. The Morgan fingerprint density at radius 2 is 2.05 bits per heavy atom. The summed E-state index contributed by atoms with van der Waals surface area (Å²) >= 11 is 0. The Hall–Kier alpha value is -2.36. The molecular weight excluding hydrogens is 245 g/mol. The highest BCUT2D eigenvalue weighted by atomic mass is 19.1. The predicted molar refractivity (Wildman–Crippen MR) is 69.6 cm³/mol. The molecule has 1 N–H and O–H groups in total. The number of hydrogen-bond donors (Lipinski definition) is 1. The molecule has 0 aliphatic carbocycles. The first kappa shape index (κ1) is 11.7. The van der Waals surface area contributed by atoms with Gasteiger partial charge in [-0.2, -0.15) is 0 Å². The van der Waals surface area contributed by atoms with E-state index in [0.29, 0.717) is 12.1 Å². The van der Waals surface area contributed by atoms with Crippen molar-refractivity contribution in [3.8, 4) is 5.75 Å². The Bertz CT molecular complexity index is 602. The van der Waals surface area contributed by atoms with Gasteiger partial charge in [0, 0.05) is 12.1 Å². The van der Waals surface area contributed by atoms with E-state index < -0.39 is 6.10 Å². The molecule has 3 nitrogen and oxygen atoms in total. The van der Waals surface area contributed by atoms with Gasteiger partial charge < -0.3 is 10.1 Å². The lowest BCUT2D eigenvalue weighted by Crippen LogP contribution is -2.31. The summed E-state index contributed by atoms with van der Waals surface area (Å²) in [5, 5.41) is 2.66. The molecule has 1 heterocycles. The molecule has 1 atom stereocenters. The second kappa shape index (κ2) is 4.72. The van der Waals surface area contributed by atoms with Gasteiger partial charge in [0.05, 0.1) is 0 Å². The lowest BCUT2D eigenvalue weighted by molar-refractivity contribution is -0.122. The van der Waals surface area contributed by atoms with Gasteiger partial charge in [-0.1, -0.05) is 24.3 Å². The van der Waals surface area contributed by atoms with Crippen LogP contribution in [0.3, 0.4) is 0 Å². The molecule has 0 bridgehead atoms. The zero-order valence-electron chi connectivity index (χ0n) is 10.1. The number of anilines is 1. The minimum absolute atomic E-state index is 0.262. The van der Waals surface area contributed by atoms with Crippen molar-refractivity contribution in [2.75, 3.05) is 5.32 Å². The molecule has 1 aliphatic rings. The van der Waals surface area contributed by atoms with Gasteiger partial charge in [0.25, 0.3) is 5.91 Å². The molecule has 0 unspecified atom stereocenters. The molecule has 2 aromatic rings. The molecule has 0 fully saturated rings. The fraction of sp³-hybridized carbons (Fsp3) is 0.133. The number of benzene rings is 2. The first-order valence-electron chi connectivity index (χ1n) is 6.03. The van der Waals surface area contributed by atoms with E-state index in [4.69, 9.17) is 4.74 Å². The zero-order valence-corrected chi connectivity index (χ0v) is 10.1. The van der Waals surface area contributed by atoms with E-state index in [0.717, 1.165) is 11.3 Å². The lowest BCUT2D eigenvalue weighted by Gasteiger charge is -2.11. The Labute approximate surface area is 110 Å². The van der Waals surface area contributed by atoms with Crippen molar-refractivity contribution in [2.24, 2.45) is 0 Å². The number of amides is 1. The van der Waals surface area contributed by atoms with Crippen molar-refractivity contribution in [1.82, 2.24) is 0 Å². The number of para-hydroxylation sites is 1. The summed E-state index contributed by atoms with van der Waals surface area (Å²) in [5.74, 6) is 0.0946. The van der Waals surface area contributed by atoms with Crippen molar-refractivity contribution in [3.05, 3.63) is 59.9 Å². The van der Waals surface area contributed by atoms with Gasteiger partial charge in [0.1, 0.15) is 11.6 Å². The normalized spacial score (nSPS) is 16.6. The van der Waals surface area contributed by atoms with Gasteiger partial charge in [-0.3, -0.25) is 4.79 Å². The molecule has 2 aromatic carbocycles. The van der Waals surface area contributed by atoms with Crippen molar-refractivity contribution >= 4 is 11.6 Å². The van der Waals surface area contributed by atoms with Gasteiger partial charge in [-0.25, -0.2) is 4.39 Å². The van der Waals surface area contributed by atoms with Crippen LogP contribution in [-0.2, 0) is 11.2 Å².